The molecule has 0 aliphatic carbocycles. The summed E-state index contributed by atoms with van der Waals surface area (Å²) in [5.74, 6) is -1.17. The van der Waals surface area contributed by atoms with Crippen LogP contribution < -0.4 is 4.74 Å². The molecule has 0 unspecified atom stereocenters. The fourth-order valence-corrected chi connectivity index (χ4v) is 4.25. The Labute approximate surface area is 221 Å². The van der Waals surface area contributed by atoms with Gasteiger partial charge in [-0.15, -0.1) is 0 Å². The van der Waals surface area contributed by atoms with Gasteiger partial charge < -0.3 is 14.9 Å². The minimum Gasteiger partial charge on any atom is -0.478 e. The first-order chi connectivity index (χ1) is 17.5. The van der Waals surface area contributed by atoms with Gasteiger partial charge in [0.2, 0.25) is 5.75 Å². The number of aromatic nitrogens is 6. The number of nitro groups is 1. The van der Waals surface area contributed by atoms with Crippen molar-refractivity contribution >= 4 is 33.3 Å². The first-order valence-corrected chi connectivity index (χ1v) is 11.9. The van der Waals surface area contributed by atoms with Crippen LogP contribution in [0.5, 0.6) is 5.75 Å². The summed E-state index contributed by atoms with van der Waals surface area (Å²) in [6.07, 6.45) is -0.686. The quantitative estimate of drug-likeness (QED) is 0.183. The van der Waals surface area contributed by atoms with Crippen LogP contribution >= 0.6 is 27.5 Å². The summed E-state index contributed by atoms with van der Waals surface area (Å²) < 4.78 is 47.2. The van der Waals surface area contributed by atoms with E-state index in [2.05, 4.69) is 36.2 Å². The van der Waals surface area contributed by atoms with Gasteiger partial charge in [0.1, 0.15) is 24.2 Å². The third-order valence-corrected chi connectivity index (χ3v) is 5.99. The largest absolute Gasteiger partial charge is 0.478 e. The van der Waals surface area contributed by atoms with Gasteiger partial charge in [0, 0.05) is 42.4 Å². The molecule has 10 nitrogen and oxygen atoms in total. The van der Waals surface area contributed by atoms with Crippen molar-refractivity contribution in [1.82, 2.24) is 29.8 Å². The van der Waals surface area contributed by atoms with Crippen molar-refractivity contribution < 1.29 is 22.8 Å². The van der Waals surface area contributed by atoms with Crippen LogP contribution in [0.1, 0.15) is 29.8 Å². The molecule has 0 aliphatic rings. The highest BCUT2D eigenvalue weighted by atomic mass is 79.9. The van der Waals surface area contributed by atoms with E-state index in [1.54, 1.807) is 14.0 Å². The van der Waals surface area contributed by atoms with Gasteiger partial charge in [-0.05, 0) is 51.0 Å². The molecular weight excluding hydrogens is 583 g/mol. The number of hydrogen-bond donors (Lipinski definition) is 0. The first kappa shape index (κ1) is 26.5. The minimum atomic E-state index is -2.60. The van der Waals surface area contributed by atoms with Crippen molar-refractivity contribution in [2.45, 2.75) is 32.4 Å². The molecule has 194 valence electrons. The van der Waals surface area contributed by atoms with E-state index in [1.807, 2.05) is 0 Å². The lowest BCUT2D eigenvalue weighted by molar-refractivity contribution is -0.390. The lowest BCUT2D eigenvalue weighted by Crippen LogP contribution is -2.08. The molecule has 1 aromatic carbocycles. The number of nitrogens with zero attached hydrogens (tertiary/aromatic N) is 7. The summed E-state index contributed by atoms with van der Waals surface area (Å²) in [6.45, 7) is 0.991. The minimum absolute atomic E-state index is 0.0442. The van der Waals surface area contributed by atoms with Crippen LogP contribution in [0.3, 0.4) is 0 Å². The second-order valence-electron chi connectivity index (χ2n) is 7.94. The molecule has 1 atom stereocenters. The lowest BCUT2D eigenvalue weighted by atomic mass is 9.97. The van der Waals surface area contributed by atoms with Gasteiger partial charge in [0.25, 0.3) is 6.43 Å². The number of alkyl halides is 2. The van der Waals surface area contributed by atoms with Crippen LogP contribution in [0.4, 0.5) is 19.0 Å². The Bertz CT molecular complexity index is 1460. The molecule has 0 spiro atoms. The molecule has 15 heteroatoms. The summed E-state index contributed by atoms with van der Waals surface area (Å²) in [7, 11) is 1.59. The van der Waals surface area contributed by atoms with Crippen molar-refractivity contribution in [3.05, 3.63) is 79.0 Å². The molecule has 3 heterocycles. The van der Waals surface area contributed by atoms with Gasteiger partial charge in [0.05, 0.1) is 10.2 Å². The molecule has 0 aliphatic heterocycles. The highest BCUT2D eigenvalue weighted by molar-refractivity contribution is 9.10. The maximum absolute atomic E-state index is 14.3. The highest BCUT2D eigenvalue weighted by Crippen LogP contribution is 2.36. The molecule has 0 bridgehead atoms. The fourth-order valence-electron chi connectivity index (χ4n) is 3.73. The number of rotatable bonds is 9. The zero-order chi connectivity index (χ0) is 26.9. The summed E-state index contributed by atoms with van der Waals surface area (Å²) in [5, 5.41) is 24.1. The Morgan fingerprint density at radius 3 is 2.70 bits per heavy atom. The van der Waals surface area contributed by atoms with Gasteiger partial charge >= 0.3 is 5.82 Å². The van der Waals surface area contributed by atoms with Gasteiger partial charge in [-0.2, -0.15) is 20.1 Å². The number of hydrogen-bond acceptors (Lipinski definition) is 7. The Balaban J connectivity index is 1.72. The maximum atomic E-state index is 14.3. The molecular formula is C22H18BrClF3N7O3. The van der Waals surface area contributed by atoms with Crippen LogP contribution in [0.15, 0.2) is 41.1 Å². The van der Waals surface area contributed by atoms with E-state index in [1.165, 1.54) is 41.5 Å². The molecule has 0 amide bonds. The number of benzene rings is 1. The van der Waals surface area contributed by atoms with Gasteiger partial charge in [-0.25, -0.2) is 13.2 Å². The third kappa shape index (κ3) is 6.07. The number of pyridine rings is 1. The van der Waals surface area contributed by atoms with E-state index in [-0.39, 0.29) is 17.3 Å². The Morgan fingerprint density at radius 1 is 1.24 bits per heavy atom. The predicted molar refractivity (Wildman–Crippen MR) is 130 cm³/mol. The topological polar surface area (TPSA) is 114 Å². The number of halogens is 5. The van der Waals surface area contributed by atoms with E-state index in [4.69, 9.17) is 16.3 Å². The van der Waals surface area contributed by atoms with E-state index >= 15 is 0 Å². The molecule has 0 radical (unpaired) electrons. The zero-order valence-corrected chi connectivity index (χ0v) is 21.6. The van der Waals surface area contributed by atoms with Crippen molar-refractivity contribution in [2.75, 3.05) is 0 Å². The first-order valence-electron chi connectivity index (χ1n) is 10.7. The van der Waals surface area contributed by atoms with Crippen molar-refractivity contribution in [3.8, 4) is 17.0 Å². The number of ether oxygens (including phenoxy) is 1. The monoisotopic (exact) mass is 599 g/mol. The smallest absolute Gasteiger partial charge is 0.406 e. The standard InChI is InChI=1S/C22H18BrClF3N7O3/c1-11(37-18-6-13(23)8-28-22(18)34(35)36)16-7-14(25)3-4-15(16)20-17(29-32(2)30-20)5-12-9-33(10-19(26)27)31-21(12)24/h3-4,6-9,11,19H,5,10H2,1-2H3/t11-/m0/s1. The van der Waals surface area contributed by atoms with Crippen LogP contribution in [0.25, 0.3) is 11.3 Å². The second kappa shape index (κ2) is 10.8. The molecule has 0 N–H and O–H groups in total. The second-order valence-corrected chi connectivity index (χ2v) is 9.22. The van der Waals surface area contributed by atoms with Crippen LogP contribution in [0.2, 0.25) is 5.15 Å². The van der Waals surface area contributed by atoms with E-state index < -0.39 is 35.6 Å². The Kier molecular flexibility index (Phi) is 7.78. The predicted octanol–water partition coefficient (Wildman–Crippen LogP) is 5.53. The molecule has 3 aromatic heterocycles. The molecule has 4 aromatic rings. The van der Waals surface area contributed by atoms with E-state index in [0.29, 0.717) is 32.6 Å². The Morgan fingerprint density at radius 2 is 2.00 bits per heavy atom. The Hall–Kier alpha value is -3.52. The van der Waals surface area contributed by atoms with Crippen LogP contribution in [-0.4, -0.2) is 41.1 Å². The van der Waals surface area contributed by atoms with Crippen molar-refractivity contribution in [2.24, 2.45) is 7.05 Å². The van der Waals surface area contributed by atoms with Gasteiger partial charge in [-0.1, -0.05) is 11.6 Å². The van der Waals surface area contributed by atoms with E-state index in [0.717, 1.165) is 4.68 Å². The fraction of sp³-hybridized carbons (Fsp3) is 0.273. The SMILES string of the molecule is C[C@H](Oc1cc(Br)cnc1[N+](=O)[O-])c1cc(F)ccc1-c1nn(C)nc1Cc1cn(CC(F)F)nc1Cl. The van der Waals surface area contributed by atoms with Gasteiger partial charge in [-0.3, -0.25) is 4.68 Å². The molecule has 4 rings (SSSR count). The van der Waals surface area contributed by atoms with Crippen LogP contribution in [0, 0.1) is 15.9 Å². The average molecular weight is 601 g/mol. The summed E-state index contributed by atoms with van der Waals surface area (Å²) in [5.41, 5.74) is 2.05. The maximum Gasteiger partial charge on any atom is 0.406 e. The molecule has 0 saturated carbocycles. The molecule has 0 fully saturated rings. The lowest BCUT2D eigenvalue weighted by Gasteiger charge is -2.18. The van der Waals surface area contributed by atoms with Crippen molar-refractivity contribution in [3.63, 3.8) is 0 Å². The summed E-state index contributed by atoms with van der Waals surface area (Å²) in [4.78, 5) is 15.8. The average Bonchev–Trinajstić information content (AvgIpc) is 3.34. The zero-order valence-electron chi connectivity index (χ0n) is 19.3. The number of aryl methyl sites for hydroxylation is 1. The van der Waals surface area contributed by atoms with Crippen LogP contribution in [-0.2, 0) is 20.0 Å². The normalized spacial score (nSPS) is 12.2. The molecule has 37 heavy (non-hydrogen) atoms. The summed E-state index contributed by atoms with van der Waals surface area (Å²) in [6, 6.07) is 5.37. The van der Waals surface area contributed by atoms with Gasteiger partial charge in [0.15, 0.2) is 11.3 Å². The van der Waals surface area contributed by atoms with E-state index in [9.17, 15) is 23.3 Å². The molecule has 0 saturated heterocycles. The summed E-state index contributed by atoms with van der Waals surface area (Å²) >= 11 is 9.38. The third-order valence-electron chi connectivity index (χ3n) is 5.24. The highest BCUT2D eigenvalue weighted by Gasteiger charge is 2.25. The van der Waals surface area contributed by atoms with Crippen molar-refractivity contribution in [1.29, 1.82) is 0 Å².